The molecule has 4 rings (SSSR count). The van der Waals surface area contributed by atoms with Gasteiger partial charge in [0.25, 0.3) is 5.89 Å². The van der Waals surface area contributed by atoms with Crippen LogP contribution >= 0.6 is 0 Å². The van der Waals surface area contributed by atoms with E-state index in [2.05, 4.69) is 15.2 Å². The summed E-state index contributed by atoms with van der Waals surface area (Å²) in [6, 6.07) is 7.49. The average molecular weight is 417 g/mol. The topological polar surface area (TPSA) is 92.4 Å². The summed E-state index contributed by atoms with van der Waals surface area (Å²) in [4.78, 5) is 6.54. The highest BCUT2D eigenvalue weighted by molar-refractivity contribution is 7.89. The van der Waals surface area contributed by atoms with Crippen molar-refractivity contribution < 1.29 is 17.2 Å². The molecule has 10 heteroatoms. The molecule has 0 bridgehead atoms. The second-order valence-electron chi connectivity index (χ2n) is 6.80. The first-order valence-electron chi connectivity index (χ1n) is 9.13. The summed E-state index contributed by atoms with van der Waals surface area (Å²) < 4.78 is 46.3. The van der Waals surface area contributed by atoms with Crippen molar-refractivity contribution in [3.63, 3.8) is 0 Å². The average Bonchev–Trinajstić information content (AvgIpc) is 3.16. The molecule has 3 aromatic rings. The molecule has 0 saturated carbocycles. The van der Waals surface area contributed by atoms with Crippen LogP contribution in [-0.2, 0) is 10.0 Å². The van der Waals surface area contributed by atoms with E-state index in [-0.39, 0.29) is 18.0 Å². The summed E-state index contributed by atoms with van der Waals surface area (Å²) in [6.07, 6.45) is 1.67. The van der Waals surface area contributed by atoms with Crippen molar-refractivity contribution in [2.45, 2.75) is 18.7 Å². The molecule has 2 aromatic heterocycles. The lowest BCUT2D eigenvalue weighted by Gasteiger charge is -2.35. The fourth-order valence-electron chi connectivity index (χ4n) is 3.29. The van der Waals surface area contributed by atoms with E-state index in [9.17, 15) is 12.8 Å². The number of pyridine rings is 1. The lowest BCUT2D eigenvalue weighted by Crippen LogP contribution is -2.49. The van der Waals surface area contributed by atoms with E-state index in [1.165, 1.54) is 22.5 Å². The monoisotopic (exact) mass is 417 g/mol. The van der Waals surface area contributed by atoms with Gasteiger partial charge in [-0.25, -0.2) is 17.8 Å². The van der Waals surface area contributed by atoms with Gasteiger partial charge >= 0.3 is 0 Å². The smallest absolute Gasteiger partial charge is 0.251 e. The molecule has 0 aliphatic carbocycles. The normalized spacial score (nSPS) is 15.6. The maximum atomic E-state index is 13.5. The van der Waals surface area contributed by atoms with Gasteiger partial charge in [-0.3, -0.25) is 0 Å². The molecule has 152 valence electrons. The van der Waals surface area contributed by atoms with Gasteiger partial charge in [0, 0.05) is 39.3 Å². The third kappa shape index (κ3) is 3.73. The Hall–Kier alpha value is -2.85. The fraction of sp³-hybridized carbons (Fsp3) is 0.316. The van der Waals surface area contributed by atoms with E-state index in [0.29, 0.717) is 41.8 Å². The molecule has 0 N–H and O–H groups in total. The Morgan fingerprint density at radius 2 is 1.83 bits per heavy atom. The molecule has 0 radical (unpaired) electrons. The summed E-state index contributed by atoms with van der Waals surface area (Å²) in [6.45, 7) is 4.75. The highest BCUT2D eigenvalue weighted by Gasteiger charge is 2.30. The highest BCUT2D eigenvalue weighted by Crippen LogP contribution is 2.29. The molecule has 1 fully saturated rings. The van der Waals surface area contributed by atoms with Crippen LogP contribution in [0, 0.1) is 19.7 Å². The molecule has 29 heavy (non-hydrogen) atoms. The fourth-order valence-corrected chi connectivity index (χ4v) is 4.80. The predicted octanol–water partition coefficient (Wildman–Crippen LogP) is 2.40. The van der Waals surface area contributed by atoms with Crippen molar-refractivity contribution in [2.75, 3.05) is 31.1 Å². The second-order valence-corrected chi connectivity index (χ2v) is 8.74. The number of aryl methyl sites for hydroxylation is 2. The number of benzene rings is 1. The number of sulfonamides is 1. The minimum Gasteiger partial charge on any atom is -0.421 e. The lowest BCUT2D eigenvalue weighted by atomic mass is 10.2. The van der Waals surface area contributed by atoms with E-state index in [0.717, 1.165) is 0 Å². The van der Waals surface area contributed by atoms with E-state index >= 15 is 0 Å². The standard InChI is InChI=1S/C19H20FN5O3S/c1-13-12-15(5-6-17(13)20)29(26,27)25-10-8-24(9-11-25)18-16(4-3-7-21-18)19-23-22-14(2)28-19/h3-7,12H,8-11H2,1-2H3. The van der Waals surface area contributed by atoms with Crippen LogP contribution in [0.3, 0.4) is 0 Å². The molecule has 1 aliphatic heterocycles. The molecule has 0 atom stereocenters. The molecular formula is C19H20FN5O3S. The van der Waals surface area contributed by atoms with E-state index in [1.54, 1.807) is 26.1 Å². The van der Waals surface area contributed by atoms with Crippen LogP contribution in [0.15, 0.2) is 45.8 Å². The number of rotatable bonds is 4. The molecule has 1 aliphatic rings. The van der Waals surface area contributed by atoms with Gasteiger partial charge < -0.3 is 9.32 Å². The van der Waals surface area contributed by atoms with Crippen LogP contribution in [0.1, 0.15) is 11.5 Å². The number of anilines is 1. The molecule has 0 amide bonds. The van der Waals surface area contributed by atoms with Gasteiger partial charge in [0.15, 0.2) is 0 Å². The third-order valence-corrected chi connectivity index (χ3v) is 6.74. The van der Waals surface area contributed by atoms with Crippen LogP contribution in [0.25, 0.3) is 11.5 Å². The molecule has 8 nitrogen and oxygen atoms in total. The second kappa shape index (κ2) is 7.53. The van der Waals surface area contributed by atoms with Crippen molar-refractivity contribution in [3.05, 3.63) is 53.8 Å². The summed E-state index contributed by atoms with van der Waals surface area (Å²) in [5.41, 5.74) is 1.01. The minimum absolute atomic E-state index is 0.102. The summed E-state index contributed by atoms with van der Waals surface area (Å²) in [5.74, 6) is 1.08. The van der Waals surface area contributed by atoms with Gasteiger partial charge in [0.05, 0.1) is 10.5 Å². The molecule has 3 heterocycles. The Morgan fingerprint density at radius 1 is 1.07 bits per heavy atom. The third-order valence-electron chi connectivity index (χ3n) is 4.85. The first-order valence-corrected chi connectivity index (χ1v) is 10.6. The molecule has 1 saturated heterocycles. The zero-order chi connectivity index (χ0) is 20.6. The number of aromatic nitrogens is 3. The van der Waals surface area contributed by atoms with Gasteiger partial charge in [0.1, 0.15) is 11.6 Å². The van der Waals surface area contributed by atoms with Crippen LogP contribution in [-0.4, -0.2) is 54.1 Å². The van der Waals surface area contributed by atoms with Crippen LogP contribution in [0.2, 0.25) is 0 Å². The first-order chi connectivity index (χ1) is 13.9. The minimum atomic E-state index is -3.69. The maximum absolute atomic E-state index is 13.5. The van der Waals surface area contributed by atoms with Crippen molar-refractivity contribution in [2.24, 2.45) is 0 Å². The zero-order valence-electron chi connectivity index (χ0n) is 16.0. The van der Waals surface area contributed by atoms with Gasteiger partial charge in [-0.1, -0.05) is 0 Å². The van der Waals surface area contributed by atoms with Crippen molar-refractivity contribution in [1.82, 2.24) is 19.5 Å². The number of piperazine rings is 1. The van der Waals surface area contributed by atoms with E-state index < -0.39 is 15.8 Å². The summed E-state index contributed by atoms with van der Waals surface area (Å²) >= 11 is 0. The van der Waals surface area contributed by atoms with Crippen LogP contribution < -0.4 is 4.90 Å². The largest absolute Gasteiger partial charge is 0.421 e. The Labute approximate surface area is 168 Å². The Kier molecular flexibility index (Phi) is 5.05. The Balaban J connectivity index is 1.54. The lowest BCUT2D eigenvalue weighted by molar-refractivity contribution is 0.383. The first kappa shape index (κ1) is 19.5. The van der Waals surface area contributed by atoms with E-state index in [1.807, 2.05) is 11.0 Å². The number of hydrogen-bond acceptors (Lipinski definition) is 7. The Morgan fingerprint density at radius 3 is 2.48 bits per heavy atom. The van der Waals surface area contributed by atoms with Crippen LogP contribution in [0.5, 0.6) is 0 Å². The van der Waals surface area contributed by atoms with E-state index in [4.69, 9.17) is 4.42 Å². The molecular weight excluding hydrogens is 397 g/mol. The molecule has 0 unspecified atom stereocenters. The zero-order valence-corrected chi connectivity index (χ0v) is 16.9. The van der Waals surface area contributed by atoms with Gasteiger partial charge in [0.2, 0.25) is 15.9 Å². The van der Waals surface area contributed by atoms with Gasteiger partial charge in [-0.2, -0.15) is 4.31 Å². The van der Waals surface area contributed by atoms with Crippen molar-refractivity contribution in [1.29, 1.82) is 0 Å². The quantitative estimate of drug-likeness (QED) is 0.644. The highest BCUT2D eigenvalue weighted by atomic mass is 32.2. The summed E-state index contributed by atoms with van der Waals surface area (Å²) in [7, 11) is -3.69. The SMILES string of the molecule is Cc1nnc(-c2cccnc2N2CCN(S(=O)(=O)c3ccc(F)c(C)c3)CC2)o1. The molecule has 0 spiro atoms. The van der Waals surface area contributed by atoms with Gasteiger partial charge in [-0.05, 0) is 42.8 Å². The predicted molar refractivity (Wildman–Crippen MR) is 104 cm³/mol. The van der Waals surface area contributed by atoms with Gasteiger partial charge in [-0.15, -0.1) is 10.2 Å². The van der Waals surface area contributed by atoms with Crippen molar-refractivity contribution in [3.8, 4) is 11.5 Å². The maximum Gasteiger partial charge on any atom is 0.251 e. The number of nitrogens with zero attached hydrogens (tertiary/aromatic N) is 5. The molecule has 1 aromatic carbocycles. The number of halogens is 1. The van der Waals surface area contributed by atoms with Crippen LogP contribution in [0.4, 0.5) is 10.2 Å². The Bertz CT molecular complexity index is 1140. The van der Waals surface area contributed by atoms with Crippen molar-refractivity contribution >= 4 is 15.8 Å². The number of hydrogen-bond donors (Lipinski definition) is 0. The summed E-state index contributed by atoms with van der Waals surface area (Å²) in [5, 5.41) is 7.92.